The van der Waals surface area contributed by atoms with Crippen molar-refractivity contribution in [2.24, 2.45) is 5.92 Å². The molecule has 1 aromatic heterocycles. The number of nitrogens with two attached hydrogens (primary N) is 1. The fraction of sp³-hybridized carbons (Fsp3) is 0.600. The number of ether oxygens (including phenoxy) is 1. The van der Waals surface area contributed by atoms with E-state index in [0.717, 1.165) is 54.8 Å². The van der Waals surface area contributed by atoms with Crippen LogP contribution in [0.1, 0.15) is 32.6 Å². The molecule has 2 fully saturated rings. The first-order chi connectivity index (χ1) is 12.7. The number of aromatic nitrogens is 2. The van der Waals surface area contributed by atoms with E-state index in [2.05, 4.69) is 27.1 Å². The number of morpholine rings is 1. The molecule has 2 heterocycles. The zero-order chi connectivity index (χ0) is 17.9. The van der Waals surface area contributed by atoms with Gasteiger partial charge in [0, 0.05) is 36.2 Å². The molecular weight excluding hydrogens is 326 g/mol. The minimum atomic E-state index is 0.557. The van der Waals surface area contributed by atoms with E-state index in [1.54, 1.807) is 6.33 Å². The molecule has 0 unspecified atom stereocenters. The zero-order valence-electron chi connectivity index (χ0n) is 15.5. The number of nitrogen functional groups attached to an aromatic ring is 1. The maximum absolute atomic E-state index is 5.93. The number of nitrogens with one attached hydrogen (secondary N) is 1. The van der Waals surface area contributed by atoms with Gasteiger partial charge in [0.05, 0.1) is 18.7 Å². The van der Waals surface area contributed by atoms with Crippen LogP contribution in [-0.4, -0.2) is 53.3 Å². The molecular formula is C20H29N5O. The second kappa shape index (κ2) is 7.76. The highest BCUT2D eigenvalue weighted by atomic mass is 16.5. The Balaban J connectivity index is 1.33. The standard InChI is InChI=1S/C20H29N5O/c1-14-12-26-9-8-25(14)17-5-2-15(3-6-17)11-22-20-18-10-16(21)4-7-19(18)23-13-24-20/h4,7,10,13-15,17H,2-3,5-6,8-9,11-12,21H2,1H3,(H,22,23,24)/t14-,15?,17?/m0/s1. The summed E-state index contributed by atoms with van der Waals surface area (Å²) in [7, 11) is 0. The predicted octanol–water partition coefficient (Wildman–Crippen LogP) is 2.90. The van der Waals surface area contributed by atoms with Gasteiger partial charge in [-0.25, -0.2) is 9.97 Å². The lowest BCUT2D eigenvalue weighted by Gasteiger charge is -2.42. The molecule has 0 amide bonds. The van der Waals surface area contributed by atoms with E-state index in [0.29, 0.717) is 12.0 Å². The van der Waals surface area contributed by atoms with Gasteiger partial charge >= 0.3 is 0 Å². The number of rotatable bonds is 4. The fourth-order valence-electron chi connectivity index (χ4n) is 4.42. The third-order valence-electron chi connectivity index (χ3n) is 5.92. The molecule has 0 bridgehead atoms. The molecule has 2 aliphatic rings. The van der Waals surface area contributed by atoms with Gasteiger partial charge in [-0.15, -0.1) is 0 Å². The van der Waals surface area contributed by atoms with Crippen molar-refractivity contribution in [1.82, 2.24) is 14.9 Å². The lowest BCUT2D eigenvalue weighted by atomic mass is 9.84. The highest BCUT2D eigenvalue weighted by molar-refractivity contribution is 5.91. The third-order valence-corrected chi connectivity index (χ3v) is 5.92. The monoisotopic (exact) mass is 355 g/mol. The summed E-state index contributed by atoms with van der Waals surface area (Å²) < 4.78 is 5.58. The van der Waals surface area contributed by atoms with Crippen LogP contribution in [0.5, 0.6) is 0 Å². The molecule has 1 aromatic carbocycles. The Hall–Kier alpha value is -1.92. The Morgan fingerprint density at radius 3 is 2.88 bits per heavy atom. The first-order valence-electron chi connectivity index (χ1n) is 9.78. The number of anilines is 2. The predicted molar refractivity (Wildman–Crippen MR) is 105 cm³/mol. The Morgan fingerprint density at radius 2 is 2.08 bits per heavy atom. The Kier molecular flexibility index (Phi) is 5.22. The summed E-state index contributed by atoms with van der Waals surface area (Å²) in [4.78, 5) is 11.4. The van der Waals surface area contributed by atoms with Gasteiger partial charge < -0.3 is 15.8 Å². The van der Waals surface area contributed by atoms with Crippen LogP contribution < -0.4 is 11.1 Å². The molecule has 1 aliphatic carbocycles. The average Bonchev–Trinajstić information content (AvgIpc) is 2.67. The lowest BCUT2D eigenvalue weighted by molar-refractivity contribution is -0.0317. The van der Waals surface area contributed by atoms with Crippen LogP contribution in [0.2, 0.25) is 0 Å². The molecule has 4 rings (SSSR count). The highest BCUT2D eigenvalue weighted by Crippen LogP contribution is 2.30. The number of fused-ring (bicyclic) bond motifs is 1. The highest BCUT2D eigenvalue weighted by Gasteiger charge is 2.30. The average molecular weight is 355 g/mol. The number of nitrogens with zero attached hydrogens (tertiary/aromatic N) is 3. The quantitative estimate of drug-likeness (QED) is 0.821. The molecule has 1 saturated heterocycles. The molecule has 2 aromatic rings. The smallest absolute Gasteiger partial charge is 0.137 e. The molecule has 3 N–H and O–H groups in total. The maximum Gasteiger partial charge on any atom is 0.137 e. The second-order valence-electron chi connectivity index (χ2n) is 7.72. The van der Waals surface area contributed by atoms with E-state index in [9.17, 15) is 0 Å². The van der Waals surface area contributed by atoms with Gasteiger partial charge in [0.15, 0.2) is 0 Å². The van der Waals surface area contributed by atoms with Gasteiger partial charge in [-0.2, -0.15) is 0 Å². The van der Waals surface area contributed by atoms with Crippen LogP contribution in [0.3, 0.4) is 0 Å². The van der Waals surface area contributed by atoms with Gasteiger partial charge in [-0.05, 0) is 56.7 Å². The molecule has 26 heavy (non-hydrogen) atoms. The van der Waals surface area contributed by atoms with Crippen molar-refractivity contribution in [3.05, 3.63) is 24.5 Å². The van der Waals surface area contributed by atoms with Crippen LogP contribution in [0, 0.1) is 5.92 Å². The van der Waals surface area contributed by atoms with Gasteiger partial charge in [0.25, 0.3) is 0 Å². The van der Waals surface area contributed by atoms with Crippen molar-refractivity contribution in [3.8, 4) is 0 Å². The summed E-state index contributed by atoms with van der Waals surface area (Å²) in [6.07, 6.45) is 6.74. The van der Waals surface area contributed by atoms with Crippen molar-refractivity contribution in [2.75, 3.05) is 37.4 Å². The van der Waals surface area contributed by atoms with Gasteiger partial charge in [0.1, 0.15) is 12.1 Å². The Morgan fingerprint density at radius 1 is 1.23 bits per heavy atom. The Labute approximate surface area is 155 Å². The maximum atomic E-state index is 5.93. The van der Waals surface area contributed by atoms with Crippen molar-refractivity contribution >= 4 is 22.4 Å². The summed E-state index contributed by atoms with van der Waals surface area (Å²) in [5.74, 6) is 1.60. The van der Waals surface area contributed by atoms with Crippen molar-refractivity contribution in [1.29, 1.82) is 0 Å². The van der Waals surface area contributed by atoms with Crippen molar-refractivity contribution < 1.29 is 4.74 Å². The normalized spacial score (nSPS) is 27.5. The molecule has 6 heteroatoms. The van der Waals surface area contributed by atoms with E-state index >= 15 is 0 Å². The van der Waals surface area contributed by atoms with E-state index in [1.165, 1.54) is 25.7 Å². The van der Waals surface area contributed by atoms with Crippen molar-refractivity contribution in [2.45, 2.75) is 44.7 Å². The SMILES string of the molecule is C[C@H]1COCCN1C1CCC(CNc2ncnc3ccc(N)cc23)CC1. The largest absolute Gasteiger partial charge is 0.399 e. The molecule has 0 radical (unpaired) electrons. The van der Waals surface area contributed by atoms with Crippen LogP contribution in [0.25, 0.3) is 10.9 Å². The van der Waals surface area contributed by atoms with E-state index in [4.69, 9.17) is 10.5 Å². The summed E-state index contributed by atoms with van der Waals surface area (Å²) in [5.41, 5.74) is 7.61. The summed E-state index contributed by atoms with van der Waals surface area (Å²) in [5, 5.41) is 4.55. The van der Waals surface area contributed by atoms with Crippen LogP contribution >= 0.6 is 0 Å². The van der Waals surface area contributed by atoms with Crippen LogP contribution in [-0.2, 0) is 4.74 Å². The zero-order valence-corrected chi connectivity index (χ0v) is 15.5. The fourth-order valence-corrected chi connectivity index (χ4v) is 4.42. The molecule has 1 saturated carbocycles. The van der Waals surface area contributed by atoms with E-state index < -0.39 is 0 Å². The van der Waals surface area contributed by atoms with Gasteiger partial charge in [0.2, 0.25) is 0 Å². The molecule has 6 nitrogen and oxygen atoms in total. The molecule has 1 atom stereocenters. The number of hydrogen-bond acceptors (Lipinski definition) is 6. The molecule has 0 spiro atoms. The Bertz CT molecular complexity index is 744. The minimum Gasteiger partial charge on any atom is -0.399 e. The van der Waals surface area contributed by atoms with Crippen molar-refractivity contribution in [3.63, 3.8) is 0 Å². The molecule has 140 valence electrons. The first kappa shape index (κ1) is 17.5. The van der Waals surface area contributed by atoms with Gasteiger partial charge in [-0.1, -0.05) is 0 Å². The lowest BCUT2D eigenvalue weighted by Crippen LogP contribution is -2.50. The second-order valence-corrected chi connectivity index (χ2v) is 7.72. The van der Waals surface area contributed by atoms with Gasteiger partial charge in [-0.3, -0.25) is 4.90 Å². The van der Waals surface area contributed by atoms with E-state index in [1.807, 2.05) is 18.2 Å². The van der Waals surface area contributed by atoms with Crippen LogP contribution in [0.15, 0.2) is 24.5 Å². The molecule has 1 aliphatic heterocycles. The number of benzene rings is 1. The number of hydrogen-bond donors (Lipinski definition) is 2. The first-order valence-corrected chi connectivity index (χ1v) is 9.78. The summed E-state index contributed by atoms with van der Waals surface area (Å²) >= 11 is 0. The topological polar surface area (TPSA) is 76.3 Å². The summed E-state index contributed by atoms with van der Waals surface area (Å²) in [6, 6.07) is 7.07. The van der Waals surface area contributed by atoms with Crippen LogP contribution in [0.4, 0.5) is 11.5 Å². The van der Waals surface area contributed by atoms with E-state index in [-0.39, 0.29) is 0 Å². The minimum absolute atomic E-state index is 0.557. The summed E-state index contributed by atoms with van der Waals surface area (Å²) in [6.45, 7) is 6.11. The third kappa shape index (κ3) is 3.76.